The van der Waals surface area contributed by atoms with Crippen molar-refractivity contribution in [1.29, 1.82) is 0 Å². The van der Waals surface area contributed by atoms with Gasteiger partial charge < -0.3 is 37.2 Å². The van der Waals surface area contributed by atoms with Crippen molar-refractivity contribution in [3.8, 4) is 0 Å². The second-order valence-electron chi connectivity index (χ2n) is 8.22. The highest BCUT2D eigenvalue weighted by atomic mass is 16.4. The van der Waals surface area contributed by atoms with Crippen LogP contribution < -0.4 is 22.1 Å². The summed E-state index contributed by atoms with van der Waals surface area (Å²) in [4.78, 5) is 61.9. The first-order valence-corrected chi connectivity index (χ1v) is 10.2. The third-order valence-corrected chi connectivity index (χ3v) is 4.97. The Labute approximate surface area is 180 Å². The van der Waals surface area contributed by atoms with Gasteiger partial charge >= 0.3 is 5.97 Å². The molecule has 5 unspecified atom stereocenters. The zero-order valence-electron chi connectivity index (χ0n) is 18.0. The molecule has 0 aromatic rings. The molecule has 0 radical (unpaired) electrons. The number of carboxylic acids is 1. The highest BCUT2D eigenvalue weighted by Crippen LogP contribution is 2.20. The summed E-state index contributed by atoms with van der Waals surface area (Å²) in [5.74, 6) is -4.24. The van der Waals surface area contributed by atoms with E-state index in [0.717, 1.165) is 0 Å². The quantitative estimate of drug-likeness (QED) is 0.203. The maximum atomic E-state index is 12.8. The number of amides is 4. The molecule has 1 fully saturated rings. The zero-order valence-corrected chi connectivity index (χ0v) is 18.0. The van der Waals surface area contributed by atoms with E-state index in [4.69, 9.17) is 16.6 Å². The number of likely N-dealkylation sites (tertiary alicyclic amines) is 1. The fourth-order valence-electron chi connectivity index (χ4n) is 3.45. The number of carbonyl (C=O) groups is 5. The maximum Gasteiger partial charge on any atom is 0.328 e. The van der Waals surface area contributed by atoms with Gasteiger partial charge in [0.2, 0.25) is 23.6 Å². The van der Waals surface area contributed by atoms with Crippen LogP contribution in [0.3, 0.4) is 0 Å². The molecule has 5 atom stereocenters. The number of primary amides is 1. The second kappa shape index (κ2) is 11.6. The van der Waals surface area contributed by atoms with E-state index in [1.54, 1.807) is 0 Å². The lowest BCUT2D eigenvalue weighted by Gasteiger charge is -2.29. The van der Waals surface area contributed by atoms with E-state index < -0.39 is 60.4 Å². The van der Waals surface area contributed by atoms with Crippen LogP contribution in [0, 0.1) is 5.92 Å². The van der Waals surface area contributed by atoms with E-state index in [0.29, 0.717) is 25.8 Å². The summed E-state index contributed by atoms with van der Waals surface area (Å²) in [6, 6.07) is -4.74. The van der Waals surface area contributed by atoms with Crippen LogP contribution in [-0.2, 0) is 24.0 Å². The van der Waals surface area contributed by atoms with Crippen LogP contribution in [0.15, 0.2) is 0 Å². The number of nitrogens with zero attached hydrogens (tertiary/aromatic N) is 1. The monoisotopic (exact) mass is 443 g/mol. The van der Waals surface area contributed by atoms with Crippen LogP contribution in [0.5, 0.6) is 0 Å². The van der Waals surface area contributed by atoms with Crippen molar-refractivity contribution in [2.45, 2.75) is 76.7 Å². The predicted octanol–water partition coefficient (Wildman–Crippen LogP) is -2.34. The predicted molar refractivity (Wildman–Crippen MR) is 109 cm³/mol. The summed E-state index contributed by atoms with van der Waals surface area (Å²) < 4.78 is 0. The van der Waals surface area contributed by atoms with Crippen molar-refractivity contribution in [2.75, 3.05) is 6.54 Å². The van der Waals surface area contributed by atoms with E-state index in [1.807, 2.05) is 13.8 Å². The Kier molecular flexibility index (Phi) is 9.85. The number of hydrogen-bond acceptors (Lipinski definition) is 7. The van der Waals surface area contributed by atoms with E-state index in [-0.39, 0.29) is 11.8 Å². The summed E-state index contributed by atoms with van der Waals surface area (Å²) in [5.41, 5.74) is 11.1. The molecule has 1 saturated heterocycles. The van der Waals surface area contributed by atoms with Gasteiger partial charge in [0.25, 0.3) is 0 Å². The van der Waals surface area contributed by atoms with Gasteiger partial charge in [0.15, 0.2) is 6.04 Å². The molecule has 4 amide bonds. The number of hydrogen-bond donors (Lipinski definition) is 6. The molecule has 12 heteroatoms. The van der Waals surface area contributed by atoms with E-state index in [9.17, 15) is 29.1 Å². The lowest BCUT2D eigenvalue weighted by atomic mass is 10.0. The lowest BCUT2D eigenvalue weighted by molar-refractivity contribution is -0.145. The molecular weight excluding hydrogens is 410 g/mol. The van der Waals surface area contributed by atoms with Crippen LogP contribution in [0.25, 0.3) is 0 Å². The minimum absolute atomic E-state index is 0.188. The van der Waals surface area contributed by atoms with Gasteiger partial charge in [-0.3, -0.25) is 19.2 Å². The molecule has 1 heterocycles. The van der Waals surface area contributed by atoms with Gasteiger partial charge in [-0.25, -0.2) is 4.79 Å². The Hall–Kier alpha value is -2.73. The van der Waals surface area contributed by atoms with Crippen molar-refractivity contribution in [3.05, 3.63) is 0 Å². The van der Waals surface area contributed by atoms with Crippen LogP contribution in [0.2, 0.25) is 0 Å². The van der Waals surface area contributed by atoms with Crippen LogP contribution in [-0.4, -0.2) is 81.5 Å². The molecule has 0 aromatic carbocycles. The summed E-state index contributed by atoms with van der Waals surface area (Å²) in [7, 11) is 0. The van der Waals surface area contributed by atoms with E-state index >= 15 is 0 Å². The second-order valence-corrected chi connectivity index (χ2v) is 8.22. The first-order valence-electron chi connectivity index (χ1n) is 10.2. The van der Waals surface area contributed by atoms with Crippen molar-refractivity contribution < 1.29 is 34.2 Å². The fraction of sp³-hybridized carbons (Fsp3) is 0.737. The van der Waals surface area contributed by atoms with Crippen molar-refractivity contribution in [3.63, 3.8) is 0 Å². The molecule has 1 aliphatic heterocycles. The van der Waals surface area contributed by atoms with Crippen LogP contribution in [0.1, 0.15) is 46.5 Å². The minimum atomic E-state index is -1.64. The average Bonchev–Trinajstić information content (AvgIpc) is 3.12. The Balaban J connectivity index is 2.92. The summed E-state index contributed by atoms with van der Waals surface area (Å²) in [5, 5.41) is 23.1. The van der Waals surface area contributed by atoms with Crippen molar-refractivity contribution in [1.82, 2.24) is 15.5 Å². The van der Waals surface area contributed by atoms with Gasteiger partial charge in [0.1, 0.15) is 12.1 Å². The molecule has 1 aliphatic rings. The molecule has 0 spiro atoms. The number of rotatable bonds is 11. The first-order chi connectivity index (χ1) is 14.3. The van der Waals surface area contributed by atoms with Crippen molar-refractivity contribution >= 4 is 29.6 Å². The van der Waals surface area contributed by atoms with Crippen LogP contribution in [0.4, 0.5) is 0 Å². The third kappa shape index (κ3) is 7.79. The topological polar surface area (TPSA) is 205 Å². The molecule has 8 N–H and O–H groups in total. The Bertz CT molecular complexity index is 697. The Morgan fingerprint density at radius 1 is 1.13 bits per heavy atom. The normalized spacial score (nSPS) is 19.9. The summed E-state index contributed by atoms with van der Waals surface area (Å²) in [6.45, 7) is 5.35. The van der Waals surface area contributed by atoms with Gasteiger partial charge in [0.05, 0.1) is 18.6 Å². The maximum absolute atomic E-state index is 12.8. The summed E-state index contributed by atoms with van der Waals surface area (Å²) >= 11 is 0. The minimum Gasteiger partial charge on any atom is -0.480 e. The van der Waals surface area contributed by atoms with E-state index in [2.05, 4.69) is 10.6 Å². The van der Waals surface area contributed by atoms with E-state index in [1.165, 1.54) is 11.8 Å². The Morgan fingerprint density at radius 2 is 1.74 bits per heavy atom. The highest BCUT2D eigenvalue weighted by molar-refractivity contribution is 5.96. The first kappa shape index (κ1) is 26.3. The van der Waals surface area contributed by atoms with Gasteiger partial charge in [-0.05, 0) is 32.1 Å². The SMILES string of the molecule is CC(C)CC(N)C(=O)N1CCCC1C(=O)NC(CC(N)=O)C(=O)NC(C(=O)O)C(C)O. The number of carboxylic acid groups (broad SMARTS) is 1. The number of nitrogens with two attached hydrogens (primary N) is 2. The van der Waals surface area contributed by atoms with Gasteiger partial charge in [0, 0.05) is 6.54 Å². The average molecular weight is 444 g/mol. The van der Waals surface area contributed by atoms with Gasteiger partial charge in [-0.1, -0.05) is 13.8 Å². The van der Waals surface area contributed by atoms with Gasteiger partial charge in [-0.15, -0.1) is 0 Å². The molecule has 1 rings (SSSR count). The standard InChI is InChI=1S/C19H33N5O7/c1-9(2)7-11(20)18(29)24-6-4-5-13(24)17(28)22-12(8-14(21)26)16(27)23-15(10(3)25)19(30)31/h9-13,15,25H,4-8,20H2,1-3H3,(H2,21,26)(H,22,28)(H,23,27)(H,30,31). The molecule has 0 bridgehead atoms. The zero-order chi connectivity index (χ0) is 23.9. The molecule has 0 aromatic heterocycles. The fourth-order valence-corrected chi connectivity index (χ4v) is 3.45. The number of aliphatic carboxylic acids is 1. The highest BCUT2D eigenvalue weighted by Gasteiger charge is 2.38. The third-order valence-electron chi connectivity index (χ3n) is 4.97. The molecule has 0 saturated carbocycles. The number of aliphatic hydroxyl groups is 1. The molecule has 0 aliphatic carbocycles. The number of nitrogens with one attached hydrogen (secondary N) is 2. The largest absolute Gasteiger partial charge is 0.480 e. The lowest BCUT2D eigenvalue weighted by Crippen LogP contribution is -2.58. The molecule has 176 valence electrons. The Morgan fingerprint density at radius 3 is 2.23 bits per heavy atom. The number of aliphatic hydroxyl groups excluding tert-OH is 1. The van der Waals surface area contributed by atoms with Crippen molar-refractivity contribution in [2.24, 2.45) is 17.4 Å². The number of carbonyl (C=O) groups excluding carboxylic acids is 4. The molecular formula is C19H33N5O7. The van der Waals surface area contributed by atoms with Gasteiger partial charge in [-0.2, -0.15) is 0 Å². The van der Waals surface area contributed by atoms with Crippen LogP contribution >= 0.6 is 0 Å². The smallest absolute Gasteiger partial charge is 0.328 e. The summed E-state index contributed by atoms with van der Waals surface area (Å²) in [6.07, 6.45) is -0.642. The molecule has 12 nitrogen and oxygen atoms in total. The molecule has 31 heavy (non-hydrogen) atoms.